The average molecular weight is 281 g/mol. The Hall–Kier alpha value is -1.24. The van der Waals surface area contributed by atoms with Crippen LogP contribution < -0.4 is 5.73 Å². The lowest BCUT2D eigenvalue weighted by atomic mass is 10.1. The molecule has 2 rings (SSSR count). The van der Waals surface area contributed by atoms with Crippen molar-refractivity contribution in [3.8, 4) is 10.8 Å². The molecule has 0 amide bonds. The number of hydrogen-bond donors (Lipinski definition) is 1. The van der Waals surface area contributed by atoms with Crippen molar-refractivity contribution in [1.29, 1.82) is 0 Å². The highest BCUT2D eigenvalue weighted by Gasteiger charge is 2.28. The minimum atomic E-state index is -0.733. The van der Waals surface area contributed by atoms with Crippen LogP contribution in [0.3, 0.4) is 0 Å². The number of nitrogens with two attached hydrogens (primary N) is 1. The zero-order chi connectivity index (χ0) is 13.9. The molecule has 2 aromatic heterocycles. The third kappa shape index (κ3) is 3.40. The van der Waals surface area contributed by atoms with E-state index in [1.807, 2.05) is 26.0 Å². The van der Waals surface area contributed by atoms with E-state index in [0.29, 0.717) is 24.9 Å². The van der Waals surface area contributed by atoms with Gasteiger partial charge in [0.05, 0.1) is 11.5 Å². The molecule has 2 aromatic rings. The van der Waals surface area contributed by atoms with E-state index in [2.05, 4.69) is 17.1 Å². The molecule has 0 bridgehead atoms. The second kappa shape index (κ2) is 5.81. The lowest BCUT2D eigenvalue weighted by Gasteiger charge is -2.19. The molecule has 0 aliphatic heterocycles. The van der Waals surface area contributed by atoms with Crippen LogP contribution in [-0.4, -0.2) is 23.4 Å². The van der Waals surface area contributed by atoms with Gasteiger partial charge in [-0.1, -0.05) is 12.1 Å². The van der Waals surface area contributed by atoms with E-state index in [4.69, 9.17) is 15.0 Å². The Labute approximate surface area is 116 Å². The zero-order valence-electron chi connectivity index (χ0n) is 11.5. The number of aryl methyl sites for hydroxylation is 1. The van der Waals surface area contributed by atoms with Gasteiger partial charge < -0.3 is 15.0 Å². The highest BCUT2D eigenvalue weighted by atomic mass is 32.1. The van der Waals surface area contributed by atoms with Crippen LogP contribution in [0.5, 0.6) is 0 Å². The van der Waals surface area contributed by atoms with Crippen molar-refractivity contribution in [3.63, 3.8) is 0 Å². The average Bonchev–Trinajstić information content (AvgIpc) is 2.97. The summed E-state index contributed by atoms with van der Waals surface area (Å²) < 4.78 is 10.7. The van der Waals surface area contributed by atoms with Gasteiger partial charge in [-0.3, -0.25) is 0 Å². The van der Waals surface area contributed by atoms with Gasteiger partial charge in [0, 0.05) is 11.5 Å². The van der Waals surface area contributed by atoms with Gasteiger partial charge in [0.15, 0.2) is 5.82 Å². The zero-order valence-corrected chi connectivity index (χ0v) is 12.3. The molecule has 0 spiro atoms. The maximum absolute atomic E-state index is 6.17. The van der Waals surface area contributed by atoms with Crippen molar-refractivity contribution < 1.29 is 9.26 Å². The lowest BCUT2D eigenvalue weighted by molar-refractivity contribution is 0.0867. The Morgan fingerprint density at radius 3 is 2.89 bits per heavy atom. The van der Waals surface area contributed by atoms with Gasteiger partial charge in [-0.05, 0) is 32.4 Å². The number of rotatable bonds is 6. The Kier molecular flexibility index (Phi) is 4.34. The van der Waals surface area contributed by atoms with E-state index in [9.17, 15) is 0 Å². The van der Waals surface area contributed by atoms with Gasteiger partial charge in [-0.2, -0.15) is 4.98 Å². The van der Waals surface area contributed by atoms with Crippen molar-refractivity contribution in [2.24, 2.45) is 5.73 Å². The summed E-state index contributed by atoms with van der Waals surface area (Å²) in [6, 6.07) is 3.99. The summed E-state index contributed by atoms with van der Waals surface area (Å²) in [6.07, 6.45) is 0.960. The van der Waals surface area contributed by atoms with Crippen LogP contribution in [0, 0.1) is 6.92 Å². The number of nitrogens with zero attached hydrogens (tertiary/aromatic N) is 2. The lowest BCUT2D eigenvalue weighted by Crippen LogP contribution is -2.39. The van der Waals surface area contributed by atoms with Crippen molar-refractivity contribution >= 4 is 11.3 Å². The molecule has 0 saturated heterocycles. The summed E-state index contributed by atoms with van der Waals surface area (Å²) in [5.41, 5.74) is 5.44. The molecule has 0 saturated carbocycles. The van der Waals surface area contributed by atoms with Crippen LogP contribution in [0.25, 0.3) is 10.8 Å². The second-order valence-corrected chi connectivity index (χ2v) is 6.09. The summed E-state index contributed by atoms with van der Waals surface area (Å²) in [4.78, 5) is 6.54. The van der Waals surface area contributed by atoms with Crippen molar-refractivity contribution in [3.05, 3.63) is 22.8 Å². The van der Waals surface area contributed by atoms with Crippen LogP contribution in [0.4, 0.5) is 0 Å². The SMILES string of the molecule is CCCOCC(C)(N)c1noc(-c2ccc(C)s2)n1. The number of hydrogen-bond acceptors (Lipinski definition) is 6. The molecule has 0 aliphatic carbocycles. The minimum Gasteiger partial charge on any atom is -0.379 e. The van der Waals surface area contributed by atoms with Gasteiger partial charge in [0.2, 0.25) is 0 Å². The third-order valence-electron chi connectivity index (χ3n) is 2.64. The quantitative estimate of drug-likeness (QED) is 0.824. The predicted octanol–water partition coefficient (Wildman–Crippen LogP) is 2.71. The molecule has 6 heteroatoms. The Morgan fingerprint density at radius 1 is 1.47 bits per heavy atom. The topological polar surface area (TPSA) is 74.2 Å². The molecule has 5 nitrogen and oxygen atoms in total. The second-order valence-electron chi connectivity index (χ2n) is 4.80. The molecule has 0 aliphatic rings. The molecular weight excluding hydrogens is 262 g/mol. The van der Waals surface area contributed by atoms with E-state index in [0.717, 1.165) is 11.3 Å². The monoisotopic (exact) mass is 281 g/mol. The summed E-state index contributed by atoms with van der Waals surface area (Å²) >= 11 is 1.62. The normalized spacial score (nSPS) is 14.5. The Balaban J connectivity index is 2.11. The first-order valence-corrected chi connectivity index (χ1v) is 7.12. The van der Waals surface area contributed by atoms with Gasteiger partial charge in [0.1, 0.15) is 5.54 Å². The number of ether oxygens (including phenoxy) is 1. The van der Waals surface area contributed by atoms with Crippen LogP contribution in [0.1, 0.15) is 31.0 Å². The molecule has 0 radical (unpaired) electrons. The molecule has 19 heavy (non-hydrogen) atoms. The summed E-state index contributed by atoms with van der Waals surface area (Å²) in [6.45, 7) is 7.00. The first-order chi connectivity index (χ1) is 9.03. The molecule has 0 fully saturated rings. The van der Waals surface area contributed by atoms with Gasteiger partial charge in [0.25, 0.3) is 5.89 Å². The first-order valence-electron chi connectivity index (χ1n) is 6.30. The first kappa shape index (κ1) is 14.2. The molecule has 1 unspecified atom stereocenters. The van der Waals surface area contributed by atoms with Crippen LogP contribution in [0.2, 0.25) is 0 Å². The highest BCUT2D eigenvalue weighted by Crippen LogP contribution is 2.27. The standard InChI is InChI=1S/C13H19N3O2S/c1-4-7-17-8-13(3,14)12-15-11(18-16-12)10-6-5-9(2)19-10/h5-6H,4,7-8,14H2,1-3H3. The van der Waals surface area contributed by atoms with Crippen LogP contribution >= 0.6 is 11.3 Å². The van der Waals surface area contributed by atoms with Crippen molar-refractivity contribution in [2.45, 2.75) is 32.7 Å². The fourth-order valence-electron chi connectivity index (χ4n) is 1.60. The Morgan fingerprint density at radius 2 is 2.26 bits per heavy atom. The van der Waals surface area contributed by atoms with Crippen molar-refractivity contribution in [2.75, 3.05) is 13.2 Å². The molecule has 0 aromatic carbocycles. The van der Waals surface area contributed by atoms with Crippen molar-refractivity contribution in [1.82, 2.24) is 10.1 Å². The van der Waals surface area contributed by atoms with E-state index >= 15 is 0 Å². The number of thiophene rings is 1. The Bertz CT molecular complexity index is 533. The van der Waals surface area contributed by atoms with E-state index in [1.165, 1.54) is 4.88 Å². The third-order valence-corrected chi connectivity index (χ3v) is 3.63. The fourth-order valence-corrected chi connectivity index (χ4v) is 2.39. The molecule has 1 atom stereocenters. The summed E-state index contributed by atoms with van der Waals surface area (Å²) in [5, 5.41) is 3.97. The highest BCUT2D eigenvalue weighted by molar-refractivity contribution is 7.15. The predicted molar refractivity (Wildman–Crippen MR) is 75.0 cm³/mol. The molecular formula is C13H19N3O2S. The molecule has 2 heterocycles. The van der Waals surface area contributed by atoms with E-state index in [-0.39, 0.29) is 0 Å². The largest absolute Gasteiger partial charge is 0.379 e. The number of aromatic nitrogens is 2. The minimum absolute atomic E-state index is 0.378. The maximum atomic E-state index is 6.17. The van der Waals surface area contributed by atoms with Gasteiger partial charge in [-0.25, -0.2) is 0 Å². The van der Waals surface area contributed by atoms with E-state index < -0.39 is 5.54 Å². The van der Waals surface area contributed by atoms with Gasteiger partial charge >= 0.3 is 0 Å². The fraction of sp³-hybridized carbons (Fsp3) is 0.538. The molecule has 104 valence electrons. The maximum Gasteiger partial charge on any atom is 0.268 e. The van der Waals surface area contributed by atoms with Crippen LogP contribution in [0.15, 0.2) is 16.7 Å². The van der Waals surface area contributed by atoms with Crippen LogP contribution in [-0.2, 0) is 10.3 Å². The molecule has 2 N–H and O–H groups in total. The van der Waals surface area contributed by atoms with Gasteiger partial charge in [-0.15, -0.1) is 11.3 Å². The summed E-state index contributed by atoms with van der Waals surface area (Å²) in [5.74, 6) is 0.991. The van der Waals surface area contributed by atoms with E-state index in [1.54, 1.807) is 11.3 Å². The smallest absolute Gasteiger partial charge is 0.268 e. The summed E-state index contributed by atoms with van der Waals surface area (Å²) in [7, 11) is 0.